The van der Waals surface area contributed by atoms with E-state index in [-0.39, 0.29) is 5.56 Å². The molecule has 18 heavy (non-hydrogen) atoms. The lowest BCUT2D eigenvalue weighted by molar-refractivity contribution is 0.722. The van der Waals surface area contributed by atoms with Crippen LogP contribution in [0.5, 0.6) is 0 Å². The topological polar surface area (TPSA) is 73.8 Å². The molecule has 6 heteroatoms. The van der Waals surface area contributed by atoms with Crippen molar-refractivity contribution in [3.63, 3.8) is 0 Å². The molecule has 0 spiro atoms. The van der Waals surface area contributed by atoms with E-state index in [1.54, 1.807) is 34.4 Å². The van der Waals surface area contributed by atoms with Crippen LogP contribution in [-0.2, 0) is 6.54 Å². The number of thiophene rings is 1. The number of rotatable bonds is 2. The van der Waals surface area contributed by atoms with E-state index in [9.17, 15) is 4.79 Å². The summed E-state index contributed by atoms with van der Waals surface area (Å²) >= 11 is 1.55. The van der Waals surface area contributed by atoms with Gasteiger partial charge in [0, 0.05) is 17.1 Å². The number of hydrogen-bond acceptors (Lipinski definition) is 5. The second kappa shape index (κ2) is 4.23. The summed E-state index contributed by atoms with van der Waals surface area (Å²) in [7, 11) is 0. The normalized spacial score (nSPS) is 10.9. The van der Waals surface area contributed by atoms with Crippen molar-refractivity contribution in [1.82, 2.24) is 14.5 Å². The fourth-order valence-corrected chi connectivity index (χ4v) is 2.55. The molecule has 5 nitrogen and oxygen atoms in total. The molecular weight excluding hydrogens is 248 g/mol. The molecule has 0 radical (unpaired) electrons. The smallest absolute Gasteiger partial charge is 0.259 e. The average Bonchev–Trinajstić information content (AvgIpc) is 2.82. The van der Waals surface area contributed by atoms with E-state index in [1.807, 2.05) is 17.5 Å². The molecule has 0 bridgehead atoms. The number of pyridine rings is 1. The third-order valence-electron chi connectivity index (χ3n) is 2.63. The van der Waals surface area contributed by atoms with Gasteiger partial charge in [-0.25, -0.2) is 9.97 Å². The third-order valence-corrected chi connectivity index (χ3v) is 3.51. The minimum atomic E-state index is -0.0280. The predicted octanol–water partition coefficient (Wildman–Crippen LogP) is 1.48. The first-order valence-corrected chi connectivity index (χ1v) is 6.26. The fourth-order valence-electron chi connectivity index (χ4n) is 1.77. The molecule has 90 valence electrons. The highest BCUT2D eigenvalue weighted by Gasteiger charge is 2.05. The van der Waals surface area contributed by atoms with E-state index in [0.717, 1.165) is 10.1 Å². The number of nitrogen functional groups attached to an aromatic ring is 1. The van der Waals surface area contributed by atoms with Gasteiger partial charge in [0.05, 0.1) is 11.9 Å². The zero-order chi connectivity index (χ0) is 12.5. The second-order valence-corrected chi connectivity index (χ2v) is 4.79. The van der Waals surface area contributed by atoms with Crippen molar-refractivity contribution >= 4 is 27.2 Å². The van der Waals surface area contributed by atoms with E-state index < -0.39 is 0 Å². The van der Waals surface area contributed by atoms with Gasteiger partial charge in [-0.3, -0.25) is 4.79 Å². The molecule has 0 aliphatic carbocycles. The number of nitrogens with zero attached hydrogens (tertiary/aromatic N) is 3. The first kappa shape index (κ1) is 10.9. The minimum Gasteiger partial charge on any atom is -0.384 e. The van der Waals surface area contributed by atoms with Gasteiger partial charge in [0.1, 0.15) is 11.6 Å². The molecule has 0 saturated carbocycles. The molecule has 3 aromatic heterocycles. The highest BCUT2D eigenvalue weighted by Crippen LogP contribution is 2.16. The molecule has 0 unspecified atom stereocenters. The quantitative estimate of drug-likeness (QED) is 0.755. The Morgan fingerprint density at radius 1 is 1.33 bits per heavy atom. The molecule has 0 aliphatic rings. The summed E-state index contributed by atoms with van der Waals surface area (Å²) in [5, 5.41) is 2.64. The maximum Gasteiger partial charge on any atom is 0.259 e. The Morgan fingerprint density at radius 2 is 2.22 bits per heavy atom. The zero-order valence-corrected chi connectivity index (χ0v) is 10.2. The lowest BCUT2D eigenvalue weighted by Gasteiger charge is -2.04. The Kier molecular flexibility index (Phi) is 2.56. The first-order valence-electron chi connectivity index (χ1n) is 5.38. The maximum absolute atomic E-state index is 12.2. The number of fused-ring (bicyclic) bond motifs is 1. The van der Waals surface area contributed by atoms with Crippen LogP contribution >= 0.6 is 11.3 Å². The zero-order valence-electron chi connectivity index (χ0n) is 9.41. The Hall–Kier alpha value is -2.21. The summed E-state index contributed by atoms with van der Waals surface area (Å²) in [6.07, 6.45) is 3.35. The first-order chi connectivity index (χ1) is 8.74. The highest BCUT2D eigenvalue weighted by atomic mass is 32.1. The Balaban J connectivity index is 2.05. The molecule has 3 rings (SSSR count). The van der Waals surface area contributed by atoms with Crippen LogP contribution in [0, 0.1) is 0 Å². The van der Waals surface area contributed by atoms with Gasteiger partial charge in [-0.1, -0.05) is 0 Å². The summed E-state index contributed by atoms with van der Waals surface area (Å²) in [6.45, 7) is 0.329. The summed E-state index contributed by atoms with van der Waals surface area (Å²) in [5.74, 6) is 0.941. The lowest BCUT2D eigenvalue weighted by atomic mass is 10.3. The van der Waals surface area contributed by atoms with Gasteiger partial charge in [-0.15, -0.1) is 11.3 Å². The number of nitrogens with two attached hydrogens (primary N) is 1. The average molecular weight is 258 g/mol. The number of aromatic nitrogens is 3. The fraction of sp³-hybridized carbons (Fsp3) is 0.0833. The third kappa shape index (κ3) is 1.86. The summed E-state index contributed by atoms with van der Waals surface area (Å²) < 4.78 is 2.58. The van der Waals surface area contributed by atoms with Crippen LogP contribution in [0.1, 0.15) is 5.82 Å². The van der Waals surface area contributed by atoms with Gasteiger partial charge in [0.2, 0.25) is 0 Å². The molecule has 0 aliphatic heterocycles. The van der Waals surface area contributed by atoms with Crippen molar-refractivity contribution in [1.29, 1.82) is 0 Å². The van der Waals surface area contributed by atoms with Gasteiger partial charge in [0.25, 0.3) is 5.56 Å². The van der Waals surface area contributed by atoms with E-state index in [2.05, 4.69) is 9.97 Å². The maximum atomic E-state index is 12.2. The second-order valence-electron chi connectivity index (χ2n) is 3.85. The van der Waals surface area contributed by atoms with Crippen molar-refractivity contribution < 1.29 is 0 Å². The molecular formula is C12H10N4OS. The minimum absolute atomic E-state index is 0.0280. The van der Waals surface area contributed by atoms with Crippen molar-refractivity contribution in [3.05, 3.63) is 52.2 Å². The van der Waals surface area contributed by atoms with Crippen molar-refractivity contribution in [2.24, 2.45) is 0 Å². The van der Waals surface area contributed by atoms with Crippen LogP contribution < -0.4 is 11.3 Å². The van der Waals surface area contributed by atoms with E-state index in [0.29, 0.717) is 18.2 Å². The van der Waals surface area contributed by atoms with Gasteiger partial charge in [-0.05, 0) is 23.6 Å². The molecule has 3 aromatic rings. The lowest BCUT2D eigenvalue weighted by Crippen LogP contribution is -2.20. The monoisotopic (exact) mass is 258 g/mol. The summed E-state index contributed by atoms with van der Waals surface area (Å²) in [6, 6.07) is 5.38. The van der Waals surface area contributed by atoms with Gasteiger partial charge in [0.15, 0.2) is 0 Å². The molecule has 0 saturated heterocycles. The highest BCUT2D eigenvalue weighted by molar-refractivity contribution is 7.17. The molecule has 0 aromatic carbocycles. The molecule has 2 N–H and O–H groups in total. The van der Waals surface area contributed by atoms with Gasteiger partial charge in [-0.2, -0.15) is 0 Å². The predicted molar refractivity (Wildman–Crippen MR) is 71.6 cm³/mol. The van der Waals surface area contributed by atoms with Crippen molar-refractivity contribution in [2.75, 3.05) is 5.73 Å². The SMILES string of the molecule is Nc1ccnc(Cn2ccc3sccc3c2=O)n1. The van der Waals surface area contributed by atoms with Crippen LogP contribution in [0.4, 0.5) is 5.82 Å². The van der Waals surface area contributed by atoms with Crippen LogP contribution in [0.15, 0.2) is 40.8 Å². The van der Waals surface area contributed by atoms with Crippen LogP contribution in [-0.4, -0.2) is 14.5 Å². The van der Waals surface area contributed by atoms with Crippen LogP contribution in [0.25, 0.3) is 10.1 Å². The summed E-state index contributed by atoms with van der Waals surface area (Å²) in [5.41, 5.74) is 5.56. The van der Waals surface area contributed by atoms with Crippen LogP contribution in [0.2, 0.25) is 0 Å². The standard InChI is InChI=1S/C12H10N4OS/c13-10-1-4-14-11(15-10)7-16-5-2-9-8(12(16)17)3-6-18-9/h1-6H,7H2,(H2,13,14,15). The number of anilines is 1. The van der Waals surface area contributed by atoms with Crippen molar-refractivity contribution in [2.45, 2.75) is 6.54 Å². The van der Waals surface area contributed by atoms with Crippen LogP contribution in [0.3, 0.4) is 0 Å². The Labute approximate surface area is 107 Å². The molecule has 0 fully saturated rings. The van der Waals surface area contributed by atoms with Gasteiger partial charge < -0.3 is 10.3 Å². The van der Waals surface area contributed by atoms with E-state index in [1.165, 1.54) is 0 Å². The number of hydrogen-bond donors (Lipinski definition) is 1. The van der Waals surface area contributed by atoms with Gasteiger partial charge >= 0.3 is 0 Å². The van der Waals surface area contributed by atoms with E-state index >= 15 is 0 Å². The Morgan fingerprint density at radius 3 is 3.06 bits per heavy atom. The Bertz CT molecular complexity index is 762. The van der Waals surface area contributed by atoms with Crippen molar-refractivity contribution in [3.8, 4) is 0 Å². The molecule has 0 atom stereocenters. The van der Waals surface area contributed by atoms with E-state index in [4.69, 9.17) is 5.73 Å². The largest absolute Gasteiger partial charge is 0.384 e. The molecule has 3 heterocycles. The molecule has 0 amide bonds. The summed E-state index contributed by atoms with van der Waals surface area (Å²) in [4.78, 5) is 20.3.